The van der Waals surface area contributed by atoms with Gasteiger partial charge in [-0.3, -0.25) is 5.10 Å². The zero-order valence-electron chi connectivity index (χ0n) is 10.6. The number of rotatable bonds is 7. The van der Waals surface area contributed by atoms with Crippen molar-refractivity contribution in [1.82, 2.24) is 14.9 Å². The van der Waals surface area contributed by atoms with E-state index in [-0.39, 0.29) is 11.4 Å². The molecule has 1 fully saturated rings. The minimum Gasteiger partial charge on any atom is -0.325 e. The molecular formula is C11H20N4O2S. The zero-order chi connectivity index (χ0) is 13.2. The summed E-state index contributed by atoms with van der Waals surface area (Å²) in [6.07, 6.45) is 4.59. The normalized spacial score (nSPS) is 16.1. The number of aromatic amines is 1. The van der Waals surface area contributed by atoms with E-state index in [1.54, 1.807) is 6.92 Å². The van der Waals surface area contributed by atoms with Crippen LogP contribution in [0.25, 0.3) is 0 Å². The highest BCUT2D eigenvalue weighted by Gasteiger charge is 2.24. The molecule has 4 N–H and O–H groups in total. The van der Waals surface area contributed by atoms with Crippen LogP contribution in [0.5, 0.6) is 0 Å². The first-order valence-corrected chi connectivity index (χ1v) is 7.76. The molecule has 2 rings (SSSR count). The van der Waals surface area contributed by atoms with E-state index >= 15 is 0 Å². The third-order valence-corrected chi connectivity index (χ3v) is 4.86. The van der Waals surface area contributed by atoms with Crippen LogP contribution in [0.2, 0.25) is 0 Å². The molecule has 0 radical (unpaired) electrons. The van der Waals surface area contributed by atoms with Crippen molar-refractivity contribution in [1.29, 1.82) is 0 Å². The minimum atomic E-state index is -3.49. The molecule has 7 heteroatoms. The number of hydrogen-bond acceptors (Lipinski definition) is 4. The highest BCUT2D eigenvalue weighted by molar-refractivity contribution is 7.89. The van der Waals surface area contributed by atoms with Crippen molar-refractivity contribution in [2.24, 2.45) is 11.7 Å². The first kappa shape index (κ1) is 13.5. The molecule has 1 saturated carbocycles. The molecule has 1 heterocycles. The molecule has 18 heavy (non-hydrogen) atoms. The molecular weight excluding hydrogens is 252 g/mol. The average molecular weight is 272 g/mol. The standard InChI is InChI=1S/C11H20N4O2S/c1-8-11(10(7-12)15-14-8)18(16,17)13-6-2-3-9-4-5-9/h9,13H,2-7,12H2,1H3,(H,14,15). The largest absolute Gasteiger partial charge is 0.325 e. The first-order chi connectivity index (χ1) is 8.54. The molecule has 0 spiro atoms. The van der Waals surface area contributed by atoms with E-state index in [0.717, 1.165) is 18.8 Å². The fourth-order valence-electron chi connectivity index (χ4n) is 2.04. The van der Waals surface area contributed by atoms with Gasteiger partial charge in [0.1, 0.15) is 4.90 Å². The van der Waals surface area contributed by atoms with E-state index in [4.69, 9.17) is 5.73 Å². The van der Waals surface area contributed by atoms with Gasteiger partial charge in [-0.25, -0.2) is 13.1 Å². The number of nitrogens with zero attached hydrogens (tertiary/aromatic N) is 1. The van der Waals surface area contributed by atoms with Crippen molar-refractivity contribution < 1.29 is 8.42 Å². The first-order valence-electron chi connectivity index (χ1n) is 6.28. The van der Waals surface area contributed by atoms with Crippen molar-refractivity contribution >= 4 is 10.0 Å². The van der Waals surface area contributed by atoms with Gasteiger partial charge in [0.05, 0.1) is 11.4 Å². The van der Waals surface area contributed by atoms with Gasteiger partial charge >= 0.3 is 0 Å². The molecule has 0 atom stereocenters. The molecule has 1 aliphatic carbocycles. The summed E-state index contributed by atoms with van der Waals surface area (Å²) >= 11 is 0. The van der Waals surface area contributed by atoms with Crippen molar-refractivity contribution in [3.8, 4) is 0 Å². The van der Waals surface area contributed by atoms with Crippen LogP contribution in [0.4, 0.5) is 0 Å². The average Bonchev–Trinajstić information content (AvgIpc) is 3.06. The Hall–Kier alpha value is -0.920. The molecule has 1 aromatic rings. The smallest absolute Gasteiger partial charge is 0.244 e. The maximum absolute atomic E-state index is 12.1. The van der Waals surface area contributed by atoms with Crippen molar-refractivity contribution in [3.63, 3.8) is 0 Å². The van der Waals surface area contributed by atoms with Gasteiger partial charge in [0.25, 0.3) is 0 Å². The summed E-state index contributed by atoms with van der Waals surface area (Å²) < 4.78 is 26.9. The molecule has 1 aliphatic rings. The second kappa shape index (κ2) is 5.38. The molecule has 0 aromatic carbocycles. The highest BCUT2D eigenvalue weighted by atomic mass is 32.2. The van der Waals surface area contributed by atoms with Gasteiger partial charge in [-0.1, -0.05) is 12.8 Å². The lowest BCUT2D eigenvalue weighted by atomic mass is 10.2. The van der Waals surface area contributed by atoms with Gasteiger partial charge in [0, 0.05) is 13.1 Å². The Morgan fingerprint density at radius 1 is 1.50 bits per heavy atom. The summed E-state index contributed by atoms with van der Waals surface area (Å²) in [6, 6.07) is 0. The van der Waals surface area contributed by atoms with E-state index in [2.05, 4.69) is 14.9 Å². The van der Waals surface area contributed by atoms with Crippen LogP contribution in [0, 0.1) is 12.8 Å². The zero-order valence-corrected chi connectivity index (χ0v) is 11.4. The quantitative estimate of drug-likeness (QED) is 0.634. The van der Waals surface area contributed by atoms with Crippen LogP contribution >= 0.6 is 0 Å². The Morgan fingerprint density at radius 2 is 2.22 bits per heavy atom. The van der Waals surface area contributed by atoms with Crippen molar-refractivity contribution in [2.45, 2.75) is 44.0 Å². The van der Waals surface area contributed by atoms with Crippen LogP contribution in [-0.2, 0) is 16.6 Å². The molecule has 0 aliphatic heterocycles. The Balaban J connectivity index is 1.97. The van der Waals surface area contributed by atoms with E-state index in [1.165, 1.54) is 12.8 Å². The Bertz CT molecular complexity index is 505. The second-order valence-electron chi connectivity index (χ2n) is 4.81. The van der Waals surface area contributed by atoms with Crippen LogP contribution in [0.1, 0.15) is 37.1 Å². The second-order valence-corrected chi connectivity index (χ2v) is 6.52. The number of H-pyrrole nitrogens is 1. The predicted octanol–water partition coefficient (Wildman–Crippen LogP) is 0.645. The SMILES string of the molecule is Cc1[nH]nc(CN)c1S(=O)(=O)NCCCC1CC1. The van der Waals surface area contributed by atoms with Crippen LogP contribution < -0.4 is 10.5 Å². The molecule has 6 nitrogen and oxygen atoms in total. The number of nitrogens with two attached hydrogens (primary N) is 1. The number of hydrogen-bond donors (Lipinski definition) is 3. The third-order valence-electron chi connectivity index (χ3n) is 3.20. The highest BCUT2D eigenvalue weighted by Crippen LogP contribution is 2.33. The Morgan fingerprint density at radius 3 is 2.83 bits per heavy atom. The summed E-state index contributed by atoms with van der Waals surface area (Å²) in [4.78, 5) is 0.205. The van der Waals surface area contributed by atoms with Gasteiger partial charge in [-0.15, -0.1) is 0 Å². The molecule has 0 amide bonds. The lowest BCUT2D eigenvalue weighted by molar-refractivity contribution is 0.571. The Kier molecular flexibility index (Phi) is 4.04. The summed E-state index contributed by atoms with van der Waals surface area (Å²) in [5.74, 6) is 0.824. The molecule has 0 bridgehead atoms. The topological polar surface area (TPSA) is 101 Å². The molecule has 0 saturated heterocycles. The number of aryl methyl sites for hydroxylation is 1. The Labute approximate surface area is 107 Å². The number of aromatic nitrogens is 2. The fourth-order valence-corrected chi connectivity index (χ4v) is 3.49. The maximum Gasteiger partial charge on any atom is 0.244 e. The maximum atomic E-state index is 12.1. The molecule has 1 aromatic heterocycles. The lowest BCUT2D eigenvalue weighted by Crippen LogP contribution is -2.26. The predicted molar refractivity (Wildman–Crippen MR) is 68.4 cm³/mol. The van der Waals surface area contributed by atoms with Crippen molar-refractivity contribution in [2.75, 3.05) is 6.54 Å². The van der Waals surface area contributed by atoms with Crippen LogP contribution in [0.15, 0.2) is 4.90 Å². The summed E-state index contributed by atoms with van der Waals surface area (Å²) in [6.45, 7) is 2.28. The van der Waals surface area contributed by atoms with Gasteiger partial charge in [0.15, 0.2) is 0 Å². The molecule has 0 unspecified atom stereocenters. The van der Waals surface area contributed by atoms with Gasteiger partial charge in [-0.05, 0) is 25.7 Å². The summed E-state index contributed by atoms with van der Waals surface area (Å²) in [5, 5.41) is 6.56. The monoisotopic (exact) mass is 272 g/mol. The van der Waals surface area contributed by atoms with Crippen molar-refractivity contribution in [3.05, 3.63) is 11.4 Å². The van der Waals surface area contributed by atoms with E-state index in [0.29, 0.717) is 17.9 Å². The van der Waals surface area contributed by atoms with Gasteiger partial charge in [0.2, 0.25) is 10.0 Å². The summed E-state index contributed by atoms with van der Waals surface area (Å²) in [5.41, 5.74) is 6.41. The number of sulfonamides is 1. The van der Waals surface area contributed by atoms with E-state index in [1.807, 2.05) is 0 Å². The van der Waals surface area contributed by atoms with Gasteiger partial charge in [-0.2, -0.15) is 5.10 Å². The van der Waals surface area contributed by atoms with Gasteiger partial charge < -0.3 is 5.73 Å². The number of nitrogens with one attached hydrogen (secondary N) is 2. The van der Waals surface area contributed by atoms with Crippen LogP contribution in [0.3, 0.4) is 0 Å². The summed E-state index contributed by atoms with van der Waals surface area (Å²) in [7, 11) is -3.49. The lowest BCUT2D eigenvalue weighted by Gasteiger charge is -2.07. The van der Waals surface area contributed by atoms with E-state index < -0.39 is 10.0 Å². The molecule has 102 valence electrons. The van der Waals surface area contributed by atoms with E-state index in [9.17, 15) is 8.42 Å². The minimum absolute atomic E-state index is 0.114. The third kappa shape index (κ3) is 3.09. The fraction of sp³-hybridized carbons (Fsp3) is 0.727. The van der Waals surface area contributed by atoms with Crippen LogP contribution in [-0.4, -0.2) is 25.2 Å².